The van der Waals surface area contributed by atoms with Crippen LogP contribution in [0.5, 0.6) is 11.5 Å². The minimum absolute atomic E-state index is 0.0494. The molecule has 0 saturated heterocycles. The predicted octanol–water partition coefficient (Wildman–Crippen LogP) is 4.44. The van der Waals surface area contributed by atoms with E-state index in [0.717, 1.165) is 12.0 Å². The molecule has 1 aliphatic rings. The molecule has 26 heavy (non-hydrogen) atoms. The van der Waals surface area contributed by atoms with Gasteiger partial charge in [0.1, 0.15) is 17.1 Å². The van der Waals surface area contributed by atoms with Gasteiger partial charge in [0.05, 0.1) is 11.1 Å². The Balaban J connectivity index is 1.84. The largest absolute Gasteiger partial charge is 0.488 e. The second-order valence-corrected chi connectivity index (χ2v) is 7.85. The van der Waals surface area contributed by atoms with Crippen molar-refractivity contribution in [3.63, 3.8) is 0 Å². The molecule has 1 heterocycles. The third-order valence-corrected chi connectivity index (χ3v) is 4.51. The molecule has 0 bridgehead atoms. The van der Waals surface area contributed by atoms with Crippen LogP contribution in [0.15, 0.2) is 42.5 Å². The molecule has 0 amide bonds. The third kappa shape index (κ3) is 3.57. The first kappa shape index (κ1) is 18.0. The number of benzene rings is 2. The molecular formula is C21H22O5. The van der Waals surface area contributed by atoms with Gasteiger partial charge in [0.25, 0.3) is 0 Å². The van der Waals surface area contributed by atoms with E-state index in [1.807, 2.05) is 19.9 Å². The molecule has 5 nitrogen and oxygen atoms in total. The van der Waals surface area contributed by atoms with Crippen molar-refractivity contribution >= 4 is 11.9 Å². The summed E-state index contributed by atoms with van der Waals surface area (Å²) in [7, 11) is 0. The van der Waals surface area contributed by atoms with E-state index < -0.39 is 11.9 Å². The van der Waals surface area contributed by atoms with E-state index in [1.54, 1.807) is 12.1 Å². The van der Waals surface area contributed by atoms with Crippen LogP contribution < -0.4 is 9.47 Å². The van der Waals surface area contributed by atoms with E-state index in [-0.39, 0.29) is 16.6 Å². The number of carboxylic acid groups (broad SMARTS) is 1. The van der Waals surface area contributed by atoms with Crippen LogP contribution in [-0.4, -0.2) is 22.6 Å². The highest BCUT2D eigenvalue weighted by molar-refractivity contribution is 5.92. The van der Waals surface area contributed by atoms with Crippen molar-refractivity contribution in [1.29, 1.82) is 0 Å². The summed E-state index contributed by atoms with van der Waals surface area (Å²) < 4.78 is 11.4. The van der Waals surface area contributed by atoms with Gasteiger partial charge in [-0.2, -0.15) is 0 Å². The number of rotatable bonds is 3. The van der Waals surface area contributed by atoms with Gasteiger partial charge < -0.3 is 14.6 Å². The van der Waals surface area contributed by atoms with Gasteiger partial charge in [-0.15, -0.1) is 0 Å². The Hall–Kier alpha value is -2.82. The zero-order valence-corrected chi connectivity index (χ0v) is 15.3. The van der Waals surface area contributed by atoms with Crippen LogP contribution in [0.1, 0.15) is 60.4 Å². The van der Waals surface area contributed by atoms with Gasteiger partial charge in [0.15, 0.2) is 0 Å². The number of hydrogen-bond acceptors (Lipinski definition) is 4. The fourth-order valence-corrected chi connectivity index (χ4v) is 3.62. The van der Waals surface area contributed by atoms with Crippen LogP contribution in [0.25, 0.3) is 0 Å². The summed E-state index contributed by atoms with van der Waals surface area (Å²) >= 11 is 0. The highest BCUT2D eigenvalue weighted by Crippen LogP contribution is 2.44. The molecule has 0 aromatic heterocycles. The molecule has 0 saturated carbocycles. The van der Waals surface area contributed by atoms with Gasteiger partial charge in [-0.25, -0.2) is 9.59 Å². The number of esters is 1. The van der Waals surface area contributed by atoms with Crippen molar-refractivity contribution in [3.8, 4) is 11.5 Å². The van der Waals surface area contributed by atoms with Crippen LogP contribution in [0.3, 0.4) is 0 Å². The van der Waals surface area contributed by atoms with Crippen LogP contribution in [0.2, 0.25) is 0 Å². The highest BCUT2D eigenvalue weighted by atomic mass is 16.5. The summed E-state index contributed by atoms with van der Waals surface area (Å²) in [5.74, 6) is -0.554. The van der Waals surface area contributed by atoms with Crippen molar-refractivity contribution in [2.75, 3.05) is 0 Å². The molecule has 1 aliphatic heterocycles. The minimum Gasteiger partial charge on any atom is -0.488 e. The topological polar surface area (TPSA) is 72.8 Å². The predicted molar refractivity (Wildman–Crippen MR) is 97.2 cm³/mol. The third-order valence-electron chi connectivity index (χ3n) is 4.51. The molecule has 2 aromatic carbocycles. The van der Waals surface area contributed by atoms with Gasteiger partial charge >= 0.3 is 11.9 Å². The Morgan fingerprint density at radius 1 is 1.00 bits per heavy atom. The van der Waals surface area contributed by atoms with Crippen molar-refractivity contribution in [1.82, 2.24) is 0 Å². The Morgan fingerprint density at radius 3 is 2.23 bits per heavy atom. The average molecular weight is 354 g/mol. The summed E-state index contributed by atoms with van der Waals surface area (Å²) in [5.41, 5.74) is 1.23. The van der Waals surface area contributed by atoms with E-state index in [1.165, 1.54) is 24.3 Å². The van der Waals surface area contributed by atoms with Crippen molar-refractivity contribution in [2.24, 2.45) is 0 Å². The molecule has 136 valence electrons. The lowest BCUT2D eigenvalue weighted by molar-refractivity contribution is 0.0526. The molecule has 0 atom stereocenters. The first-order chi connectivity index (χ1) is 12.1. The number of hydrogen-bond donors (Lipinski definition) is 1. The molecule has 0 radical (unpaired) electrons. The lowest BCUT2D eigenvalue weighted by Crippen LogP contribution is -2.41. The maximum Gasteiger partial charge on any atom is 0.343 e. The summed E-state index contributed by atoms with van der Waals surface area (Å²) in [6, 6.07) is 11.1. The number of carbonyl (C=O) groups is 2. The van der Waals surface area contributed by atoms with E-state index >= 15 is 0 Å². The maximum atomic E-state index is 12.4. The Kier molecular flexibility index (Phi) is 4.26. The molecule has 2 aromatic rings. The van der Waals surface area contributed by atoms with Crippen LogP contribution in [0.4, 0.5) is 0 Å². The maximum absolute atomic E-state index is 12.4. The number of carboxylic acids is 1. The van der Waals surface area contributed by atoms with E-state index in [2.05, 4.69) is 13.8 Å². The fraction of sp³-hybridized carbons (Fsp3) is 0.333. The smallest absolute Gasteiger partial charge is 0.343 e. The molecular weight excluding hydrogens is 332 g/mol. The standard InChI is InChI=1S/C21H22O5/c1-20(2)12-21(3,4)26-17-11-14(7-10-16(17)20)19(24)25-15-8-5-13(6-9-15)18(22)23/h5-11H,12H2,1-4H3,(H,22,23). The Morgan fingerprint density at radius 2 is 1.62 bits per heavy atom. The van der Waals surface area contributed by atoms with E-state index in [9.17, 15) is 9.59 Å². The molecule has 0 aliphatic carbocycles. The summed E-state index contributed by atoms with van der Waals surface area (Å²) in [6.45, 7) is 8.40. The minimum atomic E-state index is -1.03. The number of carbonyl (C=O) groups excluding carboxylic acids is 1. The lowest BCUT2D eigenvalue weighted by atomic mass is 9.73. The lowest BCUT2D eigenvalue weighted by Gasteiger charge is -2.42. The van der Waals surface area contributed by atoms with E-state index in [0.29, 0.717) is 17.1 Å². The molecule has 5 heteroatoms. The highest BCUT2D eigenvalue weighted by Gasteiger charge is 2.39. The van der Waals surface area contributed by atoms with Gasteiger partial charge in [0, 0.05) is 0 Å². The van der Waals surface area contributed by atoms with Crippen LogP contribution >= 0.6 is 0 Å². The zero-order chi connectivity index (χ0) is 19.1. The summed E-state index contributed by atoms with van der Waals surface area (Å²) in [4.78, 5) is 23.3. The summed E-state index contributed by atoms with van der Waals surface area (Å²) in [5, 5.41) is 8.91. The fourth-order valence-electron chi connectivity index (χ4n) is 3.62. The zero-order valence-electron chi connectivity index (χ0n) is 15.3. The van der Waals surface area contributed by atoms with Crippen LogP contribution in [0, 0.1) is 0 Å². The van der Waals surface area contributed by atoms with Gasteiger partial charge in [0.2, 0.25) is 0 Å². The number of ether oxygens (including phenoxy) is 2. The van der Waals surface area contributed by atoms with Crippen molar-refractivity contribution in [2.45, 2.75) is 45.1 Å². The average Bonchev–Trinajstić information content (AvgIpc) is 2.52. The number of fused-ring (bicyclic) bond motifs is 1. The second kappa shape index (κ2) is 6.16. The normalized spacial score (nSPS) is 16.9. The van der Waals surface area contributed by atoms with E-state index in [4.69, 9.17) is 14.6 Å². The first-order valence-corrected chi connectivity index (χ1v) is 8.46. The van der Waals surface area contributed by atoms with Crippen molar-refractivity contribution < 1.29 is 24.2 Å². The van der Waals surface area contributed by atoms with Gasteiger partial charge in [-0.05, 0) is 67.6 Å². The molecule has 3 rings (SSSR count). The van der Waals surface area contributed by atoms with Crippen LogP contribution in [-0.2, 0) is 5.41 Å². The first-order valence-electron chi connectivity index (χ1n) is 8.46. The molecule has 0 unspecified atom stereocenters. The SMILES string of the molecule is CC1(C)CC(C)(C)c2ccc(C(=O)Oc3ccc(C(=O)O)cc3)cc2O1. The molecule has 1 N–H and O–H groups in total. The number of aromatic carboxylic acids is 1. The Labute approximate surface area is 152 Å². The molecule has 0 fully saturated rings. The van der Waals surface area contributed by atoms with Crippen molar-refractivity contribution in [3.05, 3.63) is 59.2 Å². The monoisotopic (exact) mass is 354 g/mol. The second-order valence-electron chi connectivity index (χ2n) is 7.85. The summed E-state index contributed by atoms with van der Waals surface area (Å²) in [6.07, 6.45) is 0.882. The quantitative estimate of drug-likeness (QED) is 0.651. The molecule has 0 spiro atoms. The van der Waals surface area contributed by atoms with Gasteiger partial charge in [-0.3, -0.25) is 0 Å². The Bertz CT molecular complexity index is 862. The van der Waals surface area contributed by atoms with Gasteiger partial charge in [-0.1, -0.05) is 19.9 Å².